The van der Waals surface area contributed by atoms with Crippen molar-refractivity contribution in [1.29, 1.82) is 0 Å². The van der Waals surface area contributed by atoms with Crippen LogP contribution in [-0.4, -0.2) is 39.8 Å². The Hall–Kier alpha value is -1.30. The number of nitrogens with one attached hydrogen (secondary N) is 2. The van der Waals surface area contributed by atoms with Crippen molar-refractivity contribution in [1.82, 2.24) is 5.32 Å². The van der Waals surface area contributed by atoms with E-state index in [4.69, 9.17) is 9.47 Å². The van der Waals surface area contributed by atoms with E-state index in [1.807, 2.05) is 32.2 Å². The second-order valence-electron chi connectivity index (χ2n) is 4.32. The van der Waals surface area contributed by atoms with Crippen LogP contribution in [0, 0.1) is 5.92 Å². The summed E-state index contributed by atoms with van der Waals surface area (Å²) in [4.78, 5) is 11.9. The van der Waals surface area contributed by atoms with Crippen LogP contribution < -0.4 is 15.4 Å². The molecule has 0 radical (unpaired) electrons. The number of benzene rings is 1. The molecule has 0 saturated heterocycles. The second kappa shape index (κ2) is 10.5. The first-order chi connectivity index (χ1) is 9.17. The molecule has 0 aliphatic heterocycles. The topological polar surface area (TPSA) is 59.6 Å². The van der Waals surface area contributed by atoms with Crippen molar-refractivity contribution >= 4 is 24.0 Å². The van der Waals surface area contributed by atoms with Crippen LogP contribution in [-0.2, 0) is 9.53 Å². The van der Waals surface area contributed by atoms with Gasteiger partial charge in [-0.05, 0) is 19.2 Å². The molecule has 1 unspecified atom stereocenters. The van der Waals surface area contributed by atoms with Gasteiger partial charge in [0, 0.05) is 31.3 Å². The molecule has 0 aliphatic rings. The maximum atomic E-state index is 11.9. The molecule has 0 fully saturated rings. The van der Waals surface area contributed by atoms with E-state index in [0.717, 1.165) is 11.4 Å². The molecular weight excluding hydrogens is 280 g/mol. The molecule has 1 aromatic carbocycles. The van der Waals surface area contributed by atoms with E-state index >= 15 is 0 Å². The van der Waals surface area contributed by atoms with E-state index < -0.39 is 0 Å². The molecule has 1 atom stereocenters. The standard InChI is InChI=1S/C14H22N2O3.ClH/c1-11(10-15-2)14(17)16-12-5-4-6-13(9-12)19-8-7-18-3;/h4-6,9,11,15H,7-8,10H2,1-3H3,(H,16,17);1H. The minimum absolute atomic E-state index is 0. The number of rotatable bonds is 8. The molecule has 1 amide bonds. The van der Waals surface area contributed by atoms with E-state index in [1.165, 1.54) is 0 Å². The van der Waals surface area contributed by atoms with Gasteiger partial charge < -0.3 is 20.1 Å². The molecule has 1 rings (SSSR count). The van der Waals surface area contributed by atoms with Gasteiger partial charge in [0.1, 0.15) is 12.4 Å². The van der Waals surface area contributed by atoms with E-state index in [1.54, 1.807) is 13.2 Å². The Bertz CT molecular complexity index is 402. The summed E-state index contributed by atoms with van der Waals surface area (Å²) >= 11 is 0. The Kier molecular flexibility index (Phi) is 9.80. The summed E-state index contributed by atoms with van der Waals surface area (Å²) in [6.07, 6.45) is 0. The highest BCUT2D eigenvalue weighted by Gasteiger charge is 2.11. The van der Waals surface area contributed by atoms with Gasteiger partial charge in [0.05, 0.1) is 6.61 Å². The fraction of sp³-hybridized carbons (Fsp3) is 0.500. The number of hydrogen-bond acceptors (Lipinski definition) is 4. The summed E-state index contributed by atoms with van der Waals surface area (Å²) in [5.74, 6) is 0.627. The molecule has 5 nitrogen and oxygen atoms in total. The molecule has 114 valence electrons. The van der Waals surface area contributed by atoms with Gasteiger partial charge in [0.25, 0.3) is 0 Å². The van der Waals surface area contributed by atoms with Crippen LogP contribution in [0.3, 0.4) is 0 Å². The van der Waals surface area contributed by atoms with Crippen molar-refractivity contribution in [3.63, 3.8) is 0 Å². The quantitative estimate of drug-likeness (QED) is 0.720. The highest BCUT2D eigenvalue weighted by Crippen LogP contribution is 2.17. The fourth-order valence-electron chi connectivity index (χ4n) is 1.57. The summed E-state index contributed by atoms with van der Waals surface area (Å²) in [7, 11) is 3.46. The van der Waals surface area contributed by atoms with Gasteiger partial charge in [0.15, 0.2) is 0 Å². The smallest absolute Gasteiger partial charge is 0.228 e. The molecule has 0 aromatic heterocycles. The molecule has 0 saturated carbocycles. The minimum atomic E-state index is -0.0805. The van der Waals surface area contributed by atoms with Crippen LogP contribution >= 0.6 is 12.4 Å². The zero-order chi connectivity index (χ0) is 14.1. The lowest BCUT2D eigenvalue weighted by molar-refractivity contribution is -0.119. The first-order valence-corrected chi connectivity index (χ1v) is 6.34. The van der Waals surface area contributed by atoms with Gasteiger partial charge in [0.2, 0.25) is 5.91 Å². The monoisotopic (exact) mass is 302 g/mol. The van der Waals surface area contributed by atoms with Crippen molar-refractivity contribution in [3.8, 4) is 5.75 Å². The number of halogens is 1. The lowest BCUT2D eigenvalue weighted by Crippen LogP contribution is -2.28. The second-order valence-corrected chi connectivity index (χ2v) is 4.32. The fourth-order valence-corrected chi connectivity index (χ4v) is 1.57. The van der Waals surface area contributed by atoms with Crippen molar-refractivity contribution in [3.05, 3.63) is 24.3 Å². The Balaban J connectivity index is 0.00000361. The largest absolute Gasteiger partial charge is 0.491 e. The maximum Gasteiger partial charge on any atom is 0.228 e. The lowest BCUT2D eigenvalue weighted by Gasteiger charge is -2.12. The molecule has 0 bridgehead atoms. The molecular formula is C14H23ClN2O3. The first kappa shape index (κ1) is 18.7. The van der Waals surface area contributed by atoms with Crippen LogP contribution in [0.2, 0.25) is 0 Å². The van der Waals surface area contributed by atoms with Crippen molar-refractivity contribution in [2.75, 3.05) is 39.2 Å². The van der Waals surface area contributed by atoms with Crippen molar-refractivity contribution in [2.45, 2.75) is 6.92 Å². The number of ether oxygens (including phenoxy) is 2. The average molecular weight is 303 g/mol. The summed E-state index contributed by atoms with van der Waals surface area (Å²) < 4.78 is 10.4. The zero-order valence-electron chi connectivity index (χ0n) is 12.1. The maximum absolute atomic E-state index is 11.9. The molecule has 6 heteroatoms. The summed E-state index contributed by atoms with van der Waals surface area (Å²) in [6, 6.07) is 7.34. The van der Waals surface area contributed by atoms with Crippen LogP contribution in [0.15, 0.2) is 24.3 Å². The Morgan fingerprint density at radius 3 is 2.75 bits per heavy atom. The van der Waals surface area contributed by atoms with Crippen LogP contribution in [0.5, 0.6) is 5.75 Å². The summed E-state index contributed by atoms with van der Waals surface area (Å²) in [6.45, 7) is 3.56. The predicted molar refractivity (Wildman–Crippen MR) is 82.8 cm³/mol. The number of amides is 1. The number of carbonyl (C=O) groups is 1. The Morgan fingerprint density at radius 2 is 2.10 bits per heavy atom. The highest BCUT2D eigenvalue weighted by molar-refractivity contribution is 5.92. The molecule has 2 N–H and O–H groups in total. The molecule has 20 heavy (non-hydrogen) atoms. The van der Waals surface area contributed by atoms with E-state index in [2.05, 4.69) is 10.6 Å². The molecule has 0 heterocycles. The van der Waals surface area contributed by atoms with Gasteiger partial charge in [-0.25, -0.2) is 0 Å². The van der Waals surface area contributed by atoms with Crippen LogP contribution in [0.1, 0.15) is 6.92 Å². The average Bonchev–Trinajstić information content (AvgIpc) is 2.40. The van der Waals surface area contributed by atoms with Crippen molar-refractivity contribution < 1.29 is 14.3 Å². The van der Waals surface area contributed by atoms with Gasteiger partial charge in [-0.3, -0.25) is 4.79 Å². The number of carbonyl (C=O) groups excluding carboxylic acids is 1. The number of anilines is 1. The lowest BCUT2D eigenvalue weighted by atomic mass is 10.1. The van der Waals surface area contributed by atoms with E-state index in [-0.39, 0.29) is 24.2 Å². The van der Waals surface area contributed by atoms with E-state index in [0.29, 0.717) is 19.8 Å². The summed E-state index contributed by atoms with van der Waals surface area (Å²) in [5, 5.41) is 5.85. The van der Waals surface area contributed by atoms with Gasteiger partial charge in [-0.15, -0.1) is 12.4 Å². The first-order valence-electron chi connectivity index (χ1n) is 6.34. The third-order valence-corrected chi connectivity index (χ3v) is 2.62. The Labute approximate surface area is 126 Å². The van der Waals surface area contributed by atoms with Crippen molar-refractivity contribution in [2.24, 2.45) is 5.92 Å². The van der Waals surface area contributed by atoms with E-state index in [9.17, 15) is 4.79 Å². The van der Waals surface area contributed by atoms with Gasteiger partial charge >= 0.3 is 0 Å². The molecule has 0 aliphatic carbocycles. The molecule has 0 spiro atoms. The number of methoxy groups -OCH3 is 1. The van der Waals surface area contributed by atoms with Crippen LogP contribution in [0.25, 0.3) is 0 Å². The third kappa shape index (κ3) is 6.75. The number of hydrogen-bond donors (Lipinski definition) is 2. The Morgan fingerprint density at radius 1 is 1.35 bits per heavy atom. The SMILES string of the molecule is CNCC(C)C(=O)Nc1cccc(OCCOC)c1.Cl. The minimum Gasteiger partial charge on any atom is -0.491 e. The zero-order valence-corrected chi connectivity index (χ0v) is 13.0. The predicted octanol–water partition coefficient (Wildman–Crippen LogP) is 1.93. The third-order valence-electron chi connectivity index (χ3n) is 2.62. The van der Waals surface area contributed by atoms with Gasteiger partial charge in [-0.2, -0.15) is 0 Å². The molecule has 1 aromatic rings. The highest BCUT2D eigenvalue weighted by atomic mass is 35.5. The normalized spacial score (nSPS) is 11.3. The summed E-state index contributed by atoms with van der Waals surface area (Å²) in [5.41, 5.74) is 0.739. The van der Waals surface area contributed by atoms with Crippen LogP contribution in [0.4, 0.5) is 5.69 Å². The van der Waals surface area contributed by atoms with Gasteiger partial charge in [-0.1, -0.05) is 13.0 Å².